The summed E-state index contributed by atoms with van der Waals surface area (Å²) in [6.45, 7) is 4.35. The molecule has 2 fully saturated rings. The summed E-state index contributed by atoms with van der Waals surface area (Å²) in [7, 11) is 0. The van der Waals surface area contributed by atoms with E-state index in [9.17, 15) is 9.59 Å². The molecule has 2 aliphatic rings. The van der Waals surface area contributed by atoms with Crippen molar-refractivity contribution < 1.29 is 9.59 Å². The molecule has 2 aliphatic carbocycles. The summed E-state index contributed by atoms with van der Waals surface area (Å²) in [5.41, 5.74) is 6.80. The highest BCUT2D eigenvalue weighted by molar-refractivity contribution is 5.95. The lowest BCUT2D eigenvalue weighted by Crippen LogP contribution is -2.39. The van der Waals surface area contributed by atoms with Gasteiger partial charge >= 0.3 is 0 Å². The molecule has 0 heterocycles. The van der Waals surface area contributed by atoms with Crippen molar-refractivity contribution in [3.8, 4) is 0 Å². The van der Waals surface area contributed by atoms with Crippen LogP contribution in [-0.2, 0) is 9.59 Å². The average Bonchev–Trinajstić information content (AvgIpc) is 2.82. The highest BCUT2D eigenvalue weighted by Gasteiger charge is 2.65. The number of Topliss-reactive ketones (excluding diaryl/α,β-unsaturated/α-hetero) is 1. The second-order valence-electron chi connectivity index (χ2n) is 7.21. The van der Waals surface area contributed by atoms with Gasteiger partial charge in [-0.3, -0.25) is 9.59 Å². The molecule has 1 aromatic carbocycles. The first-order chi connectivity index (χ1) is 10.4. The number of primary amides is 1. The Morgan fingerprint density at radius 1 is 1.32 bits per heavy atom. The predicted molar refractivity (Wildman–Crippen MR) is 86.8 cm³/mol. The fourth-order valence-electron chi connectivity index (χ4n) is 4.69. The molecule has 22 heavy (non-hydrogen) atoms. The summed E-state index contributed by atoms with van der Waals surface area (Å²) >= 11 is 0. The number of amides is 1. The summed E-state index contributed by atoms with van der Waals surface area (Å²) in [4.78, 5) is 24.4. The van der Waals surface area contributed by atoms with Crippen molar-refractivity contribution in [3.05, 3.63) is 41.5 Å². The van der Waals surface area contributed by atoms with E-state index in [1.807, 2.05) is 36.4 Å². The number of carbonyl (C=O) groups excluding carboxylic acids is 2. The van der Waals surface area contributed by atoms with Crippen LogP contribution in [-0.4, -0.2) is 11.7 Å². The van der Waals surface area contributed by atoms with Crippen LogP contribution in [0.25, 0.3) is 6.08 Å². The molecule has 3 nitrogen and oxygen atoms in total. The predicted octanol–water partition coefficient (Wildman–Crippen LogP) is 3.34. The molecule has 2 unspecified atom stereocenters. The first-order valence-corrected chi connectivity index (χ1v) is 7.95. The molecule has 3 heteroatoms. The Balaban J connectivity index is 2.12. The average molecular weight is 297 g/mol. The third kappa shape index (κ3) is 2.03. The maximum absolute atomic E-state index is 12.8. The maximum atomic E-state index is 12.8. The van der Waals surface area contributed by atoms with Gasteiger partial charge in [0.25, 0.3) is 0 Å². The van der Waals surface area contributed by atoms with Crippen LogP contribution in [0, 0.1) is 16.7 Å². The van der Waals surface area contributed by atoms with E-state index in [4.69, 9.17) is 5.73 Å². The Morgan fingerprint density at radius 3 is 2.50 bits per heavy atom. The summed E-state index contributed by atoms with van der Waals surface area (Å²) in [6, 6.07) is 9.88. The second kappa shape index (κ2) is 5.08. The van der Waals surface area contributed by atoms with Gasteiger partial charge in [0.05, 0.1) is 5.41 Å². The van der Waals surface area contributed by atoms with Crippen molar-refractivity contribution in [2.45, 2.75) is 39.5 Å². The molecular weight excluding hydrogens is 274 g/mol. The van der Waals surface area contributed by atoms with Gasteiger partial charge in [-0.1, -0.05) is 50.3 Å². The van der Waals surface area contributed by atoms with Crippen LogP contribution >= 0.6 is 0 Å². The zero-order chi connectivity index (χ0) is 16.0. The summed E-state index contributed by atoms with van der Waals surface area (Å²) in [6.07, 6.45) is 4.71. The van der Waals surface area contributed by atoms with Crippen molar-refractivity contribution >= 4 is 17.8 Å². The highest BCUT2D eigenvalue weighted by atomic mass is 16.1. The number of hydrogen-bond acceptors (Lipinski definition) is 2. The minimum Gasteiger partial charge on any atom is -0.369 e. The maximum Gasteiger partial charge on any atom is 0.221 e. The zero-order valence-corrected chi connectivity index (χ0v) is 13.3. The molecule has 2 saturated carbocycles. The molecule has 0 aliphatic heterocycles. The SMILES string of the molecule is CC1(C)C2CCC1(C(=Cc1ccccc1)CC(N)=O)C(=O)C2. The molecular formula is C19H23NO2. The first kappa shape index (κ1) is 15.0. The molecule has 0 spiro atoms. The van der Waals surface area contributed by atoms with Gasteiger partial charge in [-0.05, 0) is 35.3 Å². The fourth-order valence-corrected chi connectivity index (χ4v) is 4.69. The van der Waals surface area contributed by atoms with E-state index in [0.29, 0.717) is 12.3 Å². The number of carbonyl (C=O) groups is 2. The molecule has 0 aromatic heterocycles. The van der Waals surface area contributed by atoms with Gasteiger partial charge in [0, 0.05) is 12.8 Å². The number of rotatable bonds is 4. The van der Waals surface area contributed by atoms with Crippen molar-refractivity contribution in [1.29, 1.82) is 0 Å². The van der Waals surface area contributed by atoms with E-state index in [1.54, 1.807) is 0 Å². The largest absolute Gasteiger partial charge is 0.369 e. The molecule has 1 amide bonds. The third-order valence-electron chi connectivity index (χ3n) is 5.95. The van der Waals surface area contributed by atoms with Crippen LogP contribution in [0.15, 0.2) is 35.9 Å². The summed E-state index contributed by atoms with van der Waals surface area (Å²) in [5, 5.41) is 0. The Morgan fingerprint density at radius 2 is 2.00 bits per heavy atom. The van der Waals surface area contributed by atoms with Gasteiger partial charge in [0.1, 0.15) is 5.78 Å². The molecule has 116 valence electrons. The number of benzene rings is 1. The monoisotopic (exact) mass is 297 g/mol. The summed E-state index contributed by atoms with van der Waals surface area (Å²) in [5.74, 6) is 0.347. The lowest BCUT2D eigenvalue weighted by molar-refractivity contribution is -0.127. The van der Waals surface area contributed by atoms with E-state index in [-0.39, 0.29) is 23.5 Å². The lowest BCUT2D eigenvalue weighted by atomic mass is 9.63. The van der Waals surface area contributed by atoms with E-state index in [0.717, 1.165) is 24.0 Å². The zero-order valence-electron chi connectivity index (χ0n) is 13.3. The highest BCUT2D eigenvalue weighted by Crippen LogP contribution is 2.67. The van der Waals surface area contributed by atoms with Crippen molar-refractivity contribution in [1.82, 2.24) is 0 Å². The Labute approximate surface area is 131 Å². The van der Waals surface area contributed by atoms with Gasteiger partial charge in [0.15, 0.2) is 0 Å². The first-order valence-electron chi connectivity index (χ1n) is 7.95. The van der Waals surface area contributed by atoms with Crippen molar-refractivity contribution in [2.24, 2.45) is 22.5 Å². The van der Waals surface area contributed by atoms with Gasteiger partial charge in [-0.15, -0.1) is 0 Å². The van der Waals surface area contributed by atoms with Gasteiger partial charge in [0.2, 0.25) is 5.91 Å². The molecule has 2 bridgehead atoms. The Hall–Kier alpha value is -1.90. The molecule has 2 atom stereocenters. The van der Waals surface area contributed by atoms with Crippen LogP contribution < -0.4 is 5.73 Å². The van der Waals surface area contributed by atoms with Crippen LogP contribution in [0.3, 0.4) is 0 Å². The molecule has 1 aromatic rings. The lowest BCUT2D eigenvalue weighted by Gasteiger charge is -2.38. The van der Waals surface area contributed by atoms with Gasteiger partial charge < -0.3 is 5.73 Å². The number of nitrogens with two attached hydrogens (primary N) is 1. The normalized spacial score (nSPS) is 29.8. The van der Waals surface area contributed by atoms with Crippen LogP contribution in [0.4, 0.5) is 0 Å². The smallest absolute Gasteiger partial charge is 0.221 e. The van der Waals surface area contributed by atoms with E-state index < -0.39 is 5.41 Å². The second-order valence-corrected chi connectivity index (χ2v) is 7.21. The molecule has 0 saturated heterocycles. The minimum absolute atomic E-state index is 0.0971. The van der Waals surface area contributed by atoms with Crippen LogP contribution in [0.5, 0.6) is 0 Å². The molecule has 0 radical (unpaired) electrons. The Kier molecular flexibility index (Phi) is 3.47. The number of ketones is 1. The Bertz CT molecular complexity index is 645. The van der Waals surface area contributed by atoms with Crippen molar-refractivity contribution in [3.63, 3.8) is 0 Å². The quantitative estimate of drug-likeness (QED) is 0.926. The van der Waals surface area contributed by atoms with Gasteiger partial charge in [-0.2, -0.15) is 0 Å². The molecule has 2 N–H and O–H groups in total. The third-order valence-corrected chi connectivity index (χ3v) is 5.95. The number of hydrogen-bond donors (Lipinski definition) is 1. The molecule has 3 rings (SSSR count). The fraction of sp³-hybridized carbons (Fsp3) is 0.474. The van der Waals surface area contributed by atoms with Crippen LogP contribution in [0.1, 0.15) is 45.1 Å². The topological polar surface area (TPSA) is 60.2 Å². The van der Waals surface area contributed by atoms with Gasteiger partial charge in [-0.25, -0.2) is 0 Å². The van der Waals surface area contributed by atoms with E-state index in [1.165, 1.54) is 0 Å². The number of fused-ring (bicyclic) bond motifs is 2. The minimum atomic E-state index is -0.511. The standard InChI is InChI=1S/C19H23NO2/c1-18(2)14-8-9-19(18,16(21)11-14)15(12-17(20)22)10-13-6-4-3-5-7-13/h3-7,10,14H,8-9,11-12H2,1-2H3,(H2,20,22). The van der Waals surface area contributed by atoms with E-state index in [2.05, 4.69) is 13.8 Å². The van der Waals surface area contributed by atoms with E-state index >= 15 is 0 Å². The van der Waals surface area contributed by atoms with Crippen molar-refractivity contribution in [2.75, 3.05) is 0 Å². The van der Waals surface area contributed by atoms with Crippen LogP contribution in [0.2, 0.25) is 0 Å². The summed E-state index contributed by atoms with van der Waals surface area (Å²) < 4.78 is 0.